The second kappa shape index (κ2) is 12.0. The van der Waals surface area contributed by atoms with E-state index in [1.165, 1.54) is 37.7 Å². The van der Waals surface area contributed by atoms with E-state index in [9.17, 15) is 24.1 Å². The Morgan fingerprint density at radius 2 is 1.79 bits per heavy atom. The Hall–Kier alpha value is -2.87. The molecule has 0 unspecified atom stereocenters. The molecular weight excluding hydrogens is 480 g/mol. The molecule has 0 aliphatic heterocycles. The summed E-state index contributed by atoms with van der Waals surface area (Å²) < 4.78 is 38.7. The molecule has 2 aromatic carbocycles. The highest BCUT2D eigenvalue weighted by atomic mass is 35.5. The summed E-state index contributed by atoms with van der Waals surface area (Å²) in [5.74, 6) is -0.176. The van der Waals surface area contributed by atoms with Gasteiger partial charge in [-0.25, -0.2) is 18.7 Å². The molecule has 13 heteroatoms. The predicted molar refractivity (Wildman–Crippen MR) is 120 cm³/mol. The van der Waals surface area contributed by atoms with E-state index in [1.807, 2.05) is 0 Å². The van der Waals surface area contributed by atoms with Gasteiger partial charge in [-0.05, 0) is 24.3 Å². The number of rotatable bonds is 10. The lowest BCUT2D eigenvalue weighted by molar-refractivity contribution is -0.0981. The molecule has 0 saturated carbocycles. The van der Waals surface area contributed by atoms with Crippen molar-refractivity contribution in [2.75, 3.05) is 25.6 Å². The maximum atomic E-state index is 14.2. The van der Waals surface area contributed by atoms with Crippen molar-refractivity contribution in [3.05, 3.63) is 47.5 Å². The van der Waals surface area contributed by atoms with Gasteiger partial charge in [0.1, 0.15) is 30.2 Å². The largest absolute Gasteiger partial charge is 0.493 e. The minimum absolute atomic E-state index is 0. The number of halogens is 3. The van der Waals surface area contributed by atoms with Crippen LogP contribution in [0.1, 0.15) is 0 Å². The van der Waals surface area contributed by atoms with Crippen LogP contribution in [-0.2, 0) is 0 Å². The van der Waals surface area contributed by atoms with E-state index < -0.39 is 43.5 Å². The zero-order valence-corrected chi connectivity index (χ0v) is 18.6. The van der Waals surface area contributed by atoms with Crippen molar-refractivity contribution >= 4 is 34.0 Å². The number of methoxy groups -OCH3 is 1. The number of fused-ring (bicyclic) bond motifs is 1. The molecule has 1 aromatic heterocycles. The molecule has 0 aliphatic rings. The van der Waals surface area contributed by atoms with Gasteiger partial charge in [0, 0.05) is 16.5 Å². The number of hydrogen-bond acceptors (Lipinski definition) is 9. The lowest BCUT2D eigenvalue weighted by Gasteiger charge is -2.28. The van der Waals surface area contributed by atoms with Gasteiger partial charge in [0.25, 0.3) is 0 Å². The lowest BCUT2D eigenvalue weighted by Crippen LogP contribution is -2.48. The fraction of sp³-hybridized carbons (Fsp3) is 0.333. The highest BCUT2D eigenvalue weighted by molar-refractivity contribution is 6.30. The van der Waals surface area contributed by atoms with Crippen molar-refractivity contribution in [3.8, 4) is 11.5 Å². The minimum Gasteiger partial charge on any atom is -0.493 e. The molecule has 0 aliphatic carbocycles. The first-order valence-corrected chi connectivity index (χ1v) is 10.1. The van der Waals surface area contributed by atoms with Gasteiger partial charge in [0.05, 0.1) is 31.5 Å². The molecule has 34 heavy (non-hydrogen) atoms. The van der Waals surface area contributed by atoms with Gasteiger partial charge < -0.3 is 40.7 Å². The van der Waals surface area contributed by atoms with Crippen LogP contribution in [0, 0.1) is 5.82 Å². The van der Waals surface area contributed by atoms with Crippen LogP contribution < -0.4 is 14.8 Å². The van der Waals surface area contributed by atoms with Crippen molar-refractivity contribution in [1.29, 1.82) is 0 Å². The van der Waals surface area contributed by atoms with E-state index in [-0.39, 0.29) is 33.5 Å². The zero-order valence-electron chi connectivity index (χ0n) is 17.8. The summed E-state index contributed by atoms with van der Waals surface area (Å²) in [6.07, 6.45) is -6.20. The van der Waals surface area contributed by atoms with E-state index >= 15 is 0 Å². The highest BCUT2D eigenvalue weighted by Crippen LogP contribution is 2.36. The molecule has 3 rings (SSSR count). The van der Waals surface area contributed by atoms with Crippen molar-refractivity contribution in [1.82, 2.24) is 9.97 Å². The molecular formula is C21H24ClF2N3O7. The van der Waals surface area contributed by atoms with Crippen LogP contribution in [0.5, 0.6) is 11.5 Å². The SMILES string of the molecule is COc1cc2c(Nc3ccc(Cl)cc3F)ncnc2cc1O[C@H](CO)[C@H](O)[C@@H](O)[C@H](F)CO.O. The third kappa shape index (κ3) is 5.97. The standard InChI is InChI=1S/C21H22ClF2N3O6.H2O/c1-32-16-5-11-15(6-17(16)33-18(8-29)20(31)19(30)13(24)7-28)25-9-26-21(11)27-14-3-2-10(22)4-12(14)23;/h2-6,9,13,18-20,28-31H,7-8H2,1H3,(H,25,26,27);1H2/t13-,18-,19+,20+;/m1./s1. The molecule has 0 saturated heterocycles. The lowest BCUT2D eigenvalue weighted by atomic mass is 10.0. The Balaban J connectivity index is 0.00000408. The van der Waals surface area contributed by atoms with E-state index in [0.717, 1.165) is 6.07 Å². The fourth-order valence-electron chi connectivity index (χ4n) is 3.05. The number of anilines is 2. The Morgan fingerprint density at radius 1 is 1.06 bits per heavy atom. The maximum absolute atomic E-state index is 14.2. The van der Waals surface area contributed by atoms with Gasteiger partial charge in [-0.15, -0.1) is 0 Å². The van der Waals surface area contributed by atoms with Gasteiger partial charge in [-0.1, -0.05) is 11.6 Å². The van der Waals surface area contributed by atoms with Crippen LogP contribution in [-0.4, -0.2) is 80.7 Å². The topological polar surface area (TPSA) is 169 Å². The molecule has 3 aromatic rings. The average molecular weight is 504 g/mol. The second-order valence-corrected chi connectivity index (χ2v) is 7.45. The Bertz CT molecular complexity index is 1110. The molecule has 10 nitrogen and oxygen atoms in total. The van der Waals surface area contributed by atoms with Crippen molar-refractivity contribution < 1.29 is 44.2 Å². The summed E-state index contributed by atoms with van der Waals surface area (Å²) in [7, 11) is 1.34. The highest BCUT2D eigenvalue weighted by Gasteiger charge is 2.34. The van der Waals surface area contributed by atoms with Crippen LogP contribution in [0.2, 0.25) is 5.02 Å². The Morgan fingerprint density at radius 3 is 2.41 bits per heavy atom. The summed E-state index contributed by atoms with van der Waals surface area (Å²) in [4.78, 5) is 8.27. The van der Waals surface area contributed by atoms with E-state index in [4.69, 9.17) is 26.2 Å². The first-order valence-electron chi connectivity index (χ1n) is 9.72. The van der Waals surface area contributed by atoms with E-state index in [0.29, 0.717) is 10.9 Å². The third-order valence-electron chi connectivity index (χ3n) is 4.84. The van der Waals surface area contributed by atoms with Gasteiger partial charge in [-0.3, -0.25) is 0 Å². The summed E-state index contributed by atoms with van der Waals surface area (Å²) >= 11 is 5.78. The number of ether oxygens (including phenoxy) is 2. The van der Waals surface area contributed by atoms with Crippen LogP contribution >= 0.6 is 11.6 Å². The van der Waals surface area contributed by atoms with Gasteiger partial charge >= 0.3 is 0 Å². The molecule has 0 spiro atoms. The van der Waals surface area contributed by atoms with Gasteiger partial charge in [0.2, 0.25) is 0 Å². The van der Waals surface area contributed by atoms with Crippen molar-refractivity contribution in [3.63, 3.8) is 0 Å². The minimum atomic E-state index is -2.13. The van der Waals surface area contributed by atoms with Crippen LogP contribution in [0.3, 0.4) is 0 Å². The summed E-state index contributed by atoms with van der Waals surface area (Å²) in [6.45, 7) is -1.79. The summed E-state index contributed by atoms with van der Waals surface area (Å²) in [5.41, 5.74) is 0.462. The number of aliphatic hydroxyl groups is 4. The molecule has 0 bridgehead atoms. The maximum Gasteiger partial charge on any atom is 0.164 e. The van der Waals surface area contributed by atoms with Crippen LogP contribution in [0.15, 0.2) is 36.7 Å². The Kier molecular flexibility index (Phi) is 9.67. The number of aliphatic hydroxyl groups excluding tert-OH is 4. The van der Waals surface area contributed by atoms with Gasteiger partial charge in [-0.2, -0.15) is 0 Å². The quantitative estimate of drug-likeness (QED) is 0.272. The smallest absolute Gasteiger partial charge is 0.164 e. The van der Waals surface area contributed by atoms with Crippen LogP contribution in [0.25, 0.3) is 10.9 Å². The van der Waals surface area contributed by atoms with Gasteiger partial charge in [0.15, 0.2) is 23.8 Å². The predicted octanol–water partition coefficient (Wildman–Crippen LogP) is 1.14. The summed E-state index contributed by atoms with van der Waals surface area (Å²) in [5, 5.41) is 41.9. The molecule has 4 atom stereocenters. The molecule has 1 heterocycles. The van der Waals surface area contributed by atoms with Crippen molar-refractivity contribution in [2.24, 2.45) is 0 Å². The fourth-order valence-corrected chi connectivity index (χ4v) is 3.21. The molecule has 0 amide bonds. The third-order valence-corrected chi connectivity index (χ3v) is 5.07. The number of aromatic nitrogens is 2. The monoisotopic (exact) mass is 503 g/mol. The Labute approximate surface area is 197 Å². The number of hydrogen-bond donors (Lipinski definition) is 5. The first kappa shape index (κ1) is 27.4. The normalized spacial score (nSPS) is 14.6. The number of alkyl halides is 1. The number of nitrogens with zero attached hydrogens (tertiary/aromatic N) is 2. The van der Waals surface area contributed by atoms with Crippen LogP contribution in [0.4, 0.5) is 20.3 Å². The number of benzene rings is 2. The summed E-state index contributed by atoms with van der Waals surface area (Å²) in [6, 6.07) is 7.01. The second-order valence-electron chi connectivity index (χ2n) is 7.01. The zero-order chi connectivity index (χ0) is 24.1. The van der Waals surface area contributed by atoms with Crippen molar-refractivity contribution in [2.45, 2.75) is 24.5 Å². The first-order chi connectivity index (χ1) is 15.8. The average Bonchev–Trinajstić information content (AvgIpc) is 2.82. The molecule has 0 fully saturated rings. The van der Waals surface area contributed by atoms with E-state index in [1.54, 1.807) is 0 Å². The number of nitrogens with one attached hydrogen (secondary N) is 1. The molecule has 186 valence electrons. The molecule has 0 radical (unpaired) electrons. The molecule has 7 N–H and O–H groups in total. The van der Waals surface area contributed by atoms with E-state index in [2.05, 4.69) is 15.3 Å².